The van der Waals surface area contributed by atoms with Crippen LogP contribution in [0.2, 0.25) is 24.4 Å². The van der Waals surface area contributed by atoms with Gasteiger partial charge in [0.2, 0.25) is 0 Å². The zero-order valence-corrected chi connectivity index (χ0v) is 41.0. The SMILES string of the molecule is CCC/C=C/c1ccc(-c2c(C)c(CNC(=O)NCCC)nn2-c2ccc(Cl)cc2Cl)s1.Cc1c(CNC(=O)NC2CCCCC2)nn(-c2ccc(Cl)cc2Cl)c1-c1ccc(Cl)s1. The molecule has 4 aromatic heterocycles. The molecular formula is C46H51Cl5N8O2S2. The van der Waals surface area contributed by atoms with Crippen LogP contribution in [0.1, 0.15) is 92.6 Å². The van der Waals surface area contributed by atoms with E-state index in [9.17, 15) is 9.59 Å². The van der Waals surface area contributed by atoms with Gasteiger partial charge in [0.1, 0.15) is 0 Å². The van der Waals surface area contributed by atoms with E-state index in [-0.39, 0.29) is 18.1 Å². The van der Waals surface area contributed by atoms with E-state index in [0.717, 1.165) is 81.4 Å². The number of rotatable bonds is 14. The molecule has 63 heavy (non-hydrogen) atoms. The molecule has 10 nitrogen and oxygen atoms in total. The smallest absolute Gasteiger partial charge is 0.315 e. The monoisotopic (exact) mass is 986 g/mol. The second kappa shape index (κ2) is 23.3. The molecule has 1 aliphatic rings. The molecule has 7 rings (SSSR count). The summed E-state index contributed by atoms with van der Waals surface area (Å²) >= 11 is 34.6. The Morgan fingerprint density at radius 3 is 1.78 bits per heavy atom. The predicted molar refractivity (Wildman–Crippen MR) is 265 cm³/mol. The van der Waals surface area contributed by atoms with Gasteiger partial charge in [0.05, 0.1) is 71.4 Å². The Labute approximate surface area is 402 Å². The Kier molecular flexibility index (Phi) is 17.9. The Morgan fingerprint density at radius 1 is 0.698 bits per heavy atom. The lowest BCUT2D eigenvalue weighted by Crippen LogP contribution is -2.42. The molecular weight excluding hydrogens is 938 g/mol. The van der Waals surface area contributed by atoms with E-state index in [1.807, 2.05) is 49.7 Å². The Morgan fingerprint density at radius 2 is 1.25 bits per heavy atom. The molecule has 6 aromatic rings. The fourth-order valence-electron chi connectivity index (χ4n) is 7.14. The lowest BCUT2D eigenvalue weighted by molar-refractivity contribution is 0.232. The molecule has 1 saturated carbocycles. The van der Waals surface area contributed by atoms with Gasteiger partial charge in [0.25, 0.3) is 0 Å². The topological polar surface area (TPSA) is 118 Å². The molecule has 4 amide bonds. The van der Waals surface area contributed by atoms with E-state index in [4.69, 9.17) is 68.2 Å². The van der Waals surface area contributed by atoms with Crippen LogP contribution in [-0.2, 0) is 13.1 Å². The first-order chi connectivity index (χ1) is 30.4. The first kappa shape index (κ1) is 48.4. The van der Waals surface area contributed by atoms with Crippen LogP contribution in [0.3, 0.4) is 0 Å². The Bertz CT molecular complexity index is 2540. The van der Waals surface area contributed by atoms with Gasteiger partial charge in [-0.15, -0.1) is 22.7 Å². The number of amides is 4. The molecule has 0 radical (unpaired) electrons. The molecule has 1 aliphatic carbocycles. The first-order valence-corrected chi connectivity index (χ1v) is 24.5. The maximum absolute atomic E-state index is 12.4. The standard InChI is InChI=1S/C24H28Cl2N4OS.C22H23Cl3N4OS/c1-4-6-7-8-18-10-12-22(32-18)23-16(3)20(15-28-24(31)27-13-5-2)29-30(23)21-11-9-17(25)14-19(21)26;1-13-17(12-26-22(30)27-15-5-3-2-4-6-15)28-29(18-8-7-14(23)11-16(18)24)21(13)19-9-10-20(25)31-19/h7-12,14H,4-6,13,15H2,1-3H3,(H2,27,28,31);7-11,15H,2-6,12H2,1H3,(H2,26,27,30)/b8-7+;. The number of nitrogens with zero attached hydrogens (tertiary/aromatic N) is 4. The number of aromatic nitrogens is 4. The summed E-state index contributed by atoms with van der Waals surface area (Å²) in [5, 5.41) is 23.5. The van der Waals surface area contributed by atoms with Crippen LogP contribution in [0.4, 0.5) is 9.59 Å². The average Bonchev–Trinajstić information content (AvgIpc) is 4.05. The fraction of sp³-hybridized carbons (Fsp3) is 0.348. The van der Waals surface area contributed by atoms with Crippen molar-refractivity contribution in [3.8, 4) is 32.5 Å². The van der Waals surface area contributed by atoms with Crippen LogP contribution < -0.4 is 21.3 Å². The van der Waals surface area contributed by atoms with Crippen LogP contribution >= 0.6 is 80.7 Å². The minimum atomic E-state index is -0.202. The molecule has 1 fully saturated rings. The zero-order chi connectivity index (χ0) is 45.0. The van der Waals surface area contributed by atoms with Gasteiger partial charge in [-0.2, -0.15) is 10.2 Å². The van der Waals surface area contributed by atoms with E-state index in [1.165, 1.54) is 35.5 Å². The first-order valence-electron chi connectivity index (χ1n) is 21.0. The van der Waals surface area contributed by atoms with Gasteiger partial charge in [-0.05, 0) is 106 Å². The van der Waals surface area contributed by atoms with Gasteiger partial charge in [-0.25, -0.2) is 19.0 Å². The molecule has 334 valence electrons. The second-order valence-corrected chi connectivity index (χ2v) is 19.6. The molecule has 0 atom stereocenters. The Balaban J connectivity index is 0.000000210. The lowest BCUT2D eigenvalue weighted by Gasteiger charge is -2.22. The van der Waals surface area contributed by atoms with E-state index in [0.29, 0.717) is 49.7 Å². The number of thiophene rings is 2. The highest BCUT2D eigenvalue weighted by Crippen LogP contribution is 2.39. The van der Waals surface area contributed by atoms with Crippen molar-refractivity contribution in [2.75, 3.05) is 6.54 Å². The minimum absolute atomic E-state index is 0.161. The van der Waals surface area contributed by atoms with Crippen molar-refractivity contribution in [1.29, 1.82) is 0 Å². The van der Waals surface area contributed by atoms with Crippen molar-refractivity contribution in [1.82, 2.24) is 40.8 Å². The zero-order valence-electron chi connectivity index (χ0n) is 35.6. The van der Waals surface area contributed by atoms with Gasteiger partial charge in [0.15, 0.2) is 0 Å². The molecule has 0 aliphatic heterocycles. The van der Waals surface area contributed by atoms with Crippen molar-refractivity contribution in [3.63, 3.8) is 0 Å². The van der Waals surface area contributed by atoms with E-state index in [2.05, 4.69) is 52.5 Å². The van der Waals surface area contributed by atoms with Crippen molar-refractivity contribution in [2.24, 2.45) is 0 Å². The maximum Gasteiger partial charge on any atom is 0.315 e. The normalized spacial score (nSPS) is 12.9. The third-order valence-electron chi connectivity index (χ3n) is 10.4. The predicted octanol–water partition coefficient (Wildman–Crippen LogP) is 14.2. The number of benzene rings is 2. The number of allylic oxidation sites excluding steroid dienone is 1. The molecule has 0 bridgehead atoms. The van der Waals surface area contributed by atoms with E-state index < -0.39 is 0 Å². The minimum Gasteiger partial charge on any atom is -0.338 e. The summed E-state index contributed by atoms with van der Waals surface area (Å²) in [5.74, 6) is 0. The third-order valence-corrected chi connectivity index (χ3v) is 13.8. The summed E-state index contributed by atoms with van der Waals surface area (Å²) in [6.45, 7) is 9.47. The summed E-state index contributed by atoms with van der Waals surface area (Å²) in [6, 6.07) is 18.6. The van der Waals surface area contributed by atoms with Crippen molar-refractivity contribution in [2.45, 2.75) is 98.2 Å². The third kappa shape index (κ3) is 12.8. The molecule has 2 aromatic carbocycles. The highest BCUT2D eigenvalue weighted by molar-refractivity contribution is 7.19. The number of hydrogen-bond acceptors (Lipinski definition) is 6. The van der Waals surface area contributed by atoms with Crippen LogP contribution in [0.15, 0.2) is 66.7 Å². The summed E-state index contributed by atoms with van der Waals surface area (Å²) in [4.78, 5) is 27.7. The highest BCUT2D eigenvalue weighted by Gasteiger charge is 2.23. The summed E-state index contributed by atoms with van der Waals surface area (Å²) in [7, 11) is 0. The molecule has 0 saturated heterocycles. The van der Waals surface area contributed by atoms with Crippen molar-refractivity contribution in [3.05, 3.63) is 119 Å². The Hall–Kier alpha value is -4.01. The van der Waals surface area contributed by atoms with Gasteiger partial charge < -0.3 is 21.3 Å². The quantitative estimate of drug-likeness (QED) is 0.0869. The highest BCUT2D eigenvalue weighted by atomic mass is 35.5. The van der Waals surface area contributed by atoms with Crippen LogP contribution in [-0.4, -0.2) is 44.2 Å². The maximum atomic E-state index is 12.4. The summed E-state index contributed by atoms with van der Waals surface area (Å²) in [6.07, 6.45) is 13.1. The number of carbonyl (C=O) groups is 2. The molecule has 0 unspecified atom stereocenters. The van der Waals surface area contributed by atoms with Crippen molar-refractivity contribution < 1.29 is 9.59 Å². The molecule has 17 heteroatoms. The number of carbonyl (C=O) groups excluding carboxylic acids is 2. The van der Waals surface area contributed by atoms with Crippen LogP contribution in [0, 0.1) is 13.8 Å². The largest absolute Gasteiger partial charge is 0.338 e. The van der Waals surface area contributed by atoms with Crippen LogP contribution in [0.5, 0.6) is 0 Å². The van der Waals surface area contributed by atoms with E-state index >= 15 is 0 Å². The molecule has 4 N–H and O–H groups in total. The number of urea groups is 2. The van der Waals surface area contributed by atoms with Gasteiger partial charge in [0, 0.05) is 38.6 Å². The van der Waals surface area contributed by atoms with Gasteiger partial charge in [-0.1, -0.05) is 104 Å². The second-order valence-electron chi connectivity index (χ2n) is 15.1. The van der Waals surface area contributed by atoms with Gasteiger partial charge >= 0.3 is 12.1 Å². The number of unbranched alkanes of at least 4 members (excludes halogenated alkanes) is 1. The number of hydrogen-bond donors (Lipinski definition) is 4. The van der Waals surface area contributed by atoms with E-state index in [1.54, 1.807) is 40.3 Å². The summed E-state index contributed by atoms with van der Waals surface area (Å²) < 4.78 is 4.34. The average molecular weight is 989 g/mol. The summed E-state index contributed by atoms with van der Waals surface area (Å²) in [5.41, 5.74) is 6.82. The fourth-order valence-corrected chi connectivity index (χ4v) is 10.3. The molecule has 0 spiro atoms. The molecule has 4 heterocycles. The lowest BCUT2D eigenvalue weighted by atomic mass is 9.96. The van der Waals surface area contributed by atoms with Crippen LogP contribution in [0.25, 0.3) is 38.6 Å². The number of halogens is 5. The number of nitrogens with one attached hydrogen (secondary N) is 4. The van der Waals surface area contributed by atoms with Gasteiger partial charge in [-0.3, -0.25) is 0 Å². The van der Waals surface area contributed by atoms with Crippen molar-refractivity contribution >= 4 is 98.8 Å².